The van der Waals surface area contributed by atoms with Crippen LogP contribution in [0, 0.1) is 20.8 Å². The molecule has 28 heavy (non-hydrogen) atoms. The maximum atomic E-state index is 13.0. The van der Waals surface area contributed by atoms with E-state index in [4.69, 9.17) is 0 Å². The molecule has 1 saturated heterocycles. The molecule has 1 fully saturated rings. The van der Waals surface area contributed by atoms with Gasteiger partial charge in [0.1, 0.15) is 0 Å². The Balaban J connectivity index is 1.61. The Morgan fingerprint density at radius 2 is 2.11 bits per heavy atom. The van der Waals surface area contributed by atoms with E-state index in [9.17, 15) is 9.59 Å². The van der Waals surface area contributed by atoms with E-state index in [0.717, 1.165) is 43.0 Å². The third-order valence-corrected chi connectivity index (χ3v) is 5.89. The molecule has 3 aromatic rings. The predicted molar refractivity (Wildman–Crippen MR) is 106 cm³/mol. The van der Waals surface area contributed by atoms with Gasteiger partial charge in [-0.1, -0.05) is 0 Å². The van der Waals surface area contributed by atoms with Gasteiger partial charge in [0, 0.05) is 54.3 Å². The third-order valence-electron chi connectivity index (χ3n) is 5.89. The highest BCUT2D eigenvalue weighted by atomic mass is 16.2. The number of carbonyl (C=O) groups excluding carboxylic acids is 1. The molecule has 8 nitrogen and oxygen atoms in total. The van der Waals surface area contributed by atoms with Crippen molar-refractivity contribution in [3.05, 3.63) is 50.8 Å². The minimum atomic E-state index is -0.0694. The molecule has 0 aliphatic carbocycles. The average Bonchev–Trinajstić information content (AvgIpc) is 3.29. The van der Waals surface area contributed by atoms with Crippen LogP contribution in [0.15, 0.2) is 17.1 Å². The first kappa shape index (κ1) is 18.5. The highest BCUT2D eigenvalue weighted by molar-refractivity contribution is 5.95. The number of aryl methyl sites for hydroxylation is 2. The Labute approximate surface area is 163 Å². The topological polar surface area (TPSA) is 88.3 Å². The van der Waals surface area contributed by atoms with Crippen LogP contribution in [0.2, 0.25) is 0 Å². The molecule has 1 atom stereocenters. The van der Waals surface area contributed by atoms with E-state index in [1.54, 1.807) is 13.1 Å². The Morgan fingerprint density at radius 3 is 2.82 bits per heavy atom. The van der Waals surface area contributed by atoms with E-state index >= 15 is 0 Å². The normalized spacial score (nSPS) is 17.4. The van der Waals surface area contributed by atoms with Crippen LogP contribution < -0.4 is 5.56 Å². The van der Waals surface area contributed by atoms with Gasteiger partial charge in [0.05, 0.1) is 11.8 Å². The Morgan fingerprint density at radius 1 is 1.32 bits per heavy atom. The van der Waals surface area contributed by atoms with E-state index < -0.39 is 0 Å². The van der Waals surface area contributed by atoms with Crippen molar-refractivity contribution in [2.24, 2.45) is 0 Å². The monoisotopic (exact) mass is 382 g/mol. The quantitative estimate of drug-likeness (QED) is 0.752. The van der Waals surface area contributed by atoms with Crippen LogP contribution >= 0.6 is 0 Å². The number of rotatable bonds is 3. The lowest BCUT2D eigenvalue weighted by Gasteiger charge is -2.32. The van der Waals surface area contributed by atoms with Gasteiger partial charge in [-0.2, -0.15) is 5.10 Å². The summed E-state index contributed by atoms with van der Waals surface area (Å²) >= 11 is 0. The van der Waals surface area contributed by atoms with E-state index in [0.29, 0.717) is 23.3 Å². The molecule has 3 aromatic heterocycles. The van der Waals surface area contributed by atoms with Gasteiger partial charge >= 0.3 is 0 Å². The van der Waals surface area contributed by atoms with Crippen LogP contribution in [-0.2, 0) is 6.54 Å². The lowest BCUT2D eigenvalue weighted by atomic mass is 9.94. The van der Waals surface area contributed by atoms with Crippen molar-refractivity contribution in [3.8, 4) is 0 Å². The maximum Gasteiger partial charge on any atom is 0.275 e. The van der Waals surface area contributed by atoms with Gasteiger partial charge in [0.25, 0.3) is 11.5 Å². The first-order chi connectivity index (χ1) is 13.4. The molecule has 0 unspecified atom stereocenters. The molecule has 4 heterocycles. The fraction of sp³-hybridized carbons (Fsp3) is 0.500. The molecule has 1 aliphatic rings. The Kier molecular flexibility index (Phi) is 4.56. The SMILES string of the molecule is CCn1ncc(C(=O)N2CCC[C@H](c3cc4nc(C)c(C)c(=O)n4[nH]3)C2)c1C. The molecule has 148 valence electrons. The van der Waals surface area contributed by atoms with E-state index in [2.05, 4.69) is 15.2 Å². The largest absolute Gasteiger partial charge is 0.338 e. The molecule has 1 N–H and O–H groups in total. The Hall–Kier alpha value is -2.90. The molecule has 0 spiro atoms. The number of fused-ring (bicyclic) bond motifs is 1. The number of hydrogen-bond donors (Lipinski definition) is 1. The number of aromatic amines is 1. The van der Waals surface area contributed by atoms with Gasteiger partial charge in [0.15, 0.2) is 5.65 Å². The second-order valence-corrected chi connectivity index (χ2v) is 7.58. The van der Waals surface area contributed by atoms with Crippen molar-refractivity contribution in [2.75, 3.05) is 13.1 Å². The average molecular weight is 382 g/mol. The number of aromatic nitrogens is 5. The number of nitrogens with one attached hydrogen (secondary N) is 1. The number of amides is 1. The highest BCUT2D eigenvalue weighted by Gasteiger charge is 2.28. The molecular formula is C20H26N6O2. The predicted octanol–water partition coefficient (Wildman–Crippen LogP) is 2.18. The van der Waals surface area contributed by atoms with Crippen LogP contribution in [0.5, 0.6) is 0 Å². The lowest BCUT2D eigenvalue weighted by Crippen LogP contribution is -2.39. The summed E-state index contributed by atoms with van der Waals surface area (Å²) in [4.78, 5) is 31.9. The van der Waals surface area contributed by atoms with Crippen LogP contribution in [0.25, 0.3) is 5.65 Å². The van der Waals surface area contributed by atoms with Crippen LogP contribution in [-0.4, -0.2) is 48.3 Å². The fourth-order valence-electron chi connectivity index (χ4n) is 4.01. The second kappa shape index (κ2) is 6.92. The lowest BCUT2D eigenvalue weighted by molar-refractivity contribution is 0.0705. The molecule has 0 radical (unpaired) electrons. The van der Waals surface area contributed by atoms with Gasteiger partial charge in [0.2, 0.25) is 0 Å². The molecule has 0 saturated carbocycles. The van der Waals surface area contributed by atoms with Gasteiger partial charge in [-0.25, -0.2) is 9.50 Å². The summed E-state index contributed by atoms with van der Waals surface area (Å²) in [5.41, 5.74) is 4.49. The van der Waals surface area contributed by atoms with Crippen molar-refractivity contribution in [1.29, 1.82) is 0 Å². The molecule has 0 aromatic carbocycles. The smallest absolute Gasteiger partial charge is 0.275 e. The summed E-state index contributed by atoms with van der Waals surface area (Å²) in [6.07, 6.45) is 3.56. The van der Waals surface area contributed by atoms with Gasteiger partial charge in [-0.3, -0.25) is 19.4 Å². The molecule has 4 rings (SSSR count). The summed E-state index contributed by atoms with van der Waals surface area (Å²) in [5, 5.41) is 7.51. The van der Waals surface area contributed by atoms with E-state index in [1.807, 2.05) is 36.4 Å². The van der Waals surface area contributed by atoms with E-state index in [1.165, 1.54) is 4.52 Å². The molecule has 1 amide bonds. The van der Waals surface area contributed by atoms with Gasteiger partial charge in [-0.05, 0) is 40.5 Å². The number of piperidine rings is 1. The number of H-pyrrole nitrogens is 1. The van der Waals surface area contributed by atoms with Crippen LogP contribution in [0.4, 0.5) is 0 Å². The van der Waals surface area contributed by atoms with Gasteiger partial charge < -0.3 is 4.90 Å². The number of likely N-dealkylation sites (tertiary alicyclic amines) is 1. The zero-order valence-corrected chi connectivity index (χ0v) is 16.8. The number of hydrogen-bond acceptors (Lipinski definition) is 4. The van der Waals surface area contributed by atoms with Crippen LogP contribution in [0.1, 0.15) is 58.7 Å². The van der Waals surface area contributed by atoms with Crippen molar-refractivity contribution in [1.82, 2.24) is 29.3 Å². The zero-order chi connectivity index (χ0) is 20.0. The minimum absolute atomic E-state index is 0.0278. The summed E-state index contributed by atoms with van der Waals surface area (Å²) in [6.45, 7) is 9.70. The molecule has 0 bridgehead atoms. The fourth-order valence-corrected chi connectivity index (χ4v) is 4.01. The third kappa shape index (κ3) is 2.93. The molecule has 8 heteroatoms. The summed E-state index contributed by atoms with van der Waals surface area (Å²) < 4.78 is 3.35. The van der Waals surface area contributed by atoms with Gasteiger partial charge in [-0.15, -0.1) is 0 Å². The molecular weight excluding hydrogens is 356 g/mol. The second-order valence-electron chi connectivity index (χ2n) is 7.58. The zero-order valence-electron chi connectivity index (χ0n) is 16.8. The first-order valence-corrected chi connectivity index (χ1v) is 9.81. The van der Waals surface area contributed by atoms with Crippen molar-refractivity contribution >= 4 is 11.6 Å². The summed E-state index contributed by atoms with van der Waals surface area (Å²) in [7, 11) is 0. The number of carbonyl (C=O) groups is 1. The molecule has 1 aliphatic heterocycles. The Bertz CT molecular complexity index is 1110. The number of nitrogens with zero attached hydrogens (tertiary/aromatic N) is 5. The first-order valence-electron chi connectivity index (χ1n) is 9.81. The van der Waals surface area contributed by atoms with Crippen molar-refractivity contribution in [3.63, 3.8) is 0 Å². The summed E-state index contributed by atoms with van der Waals surface area (Å²) in [6, 6.07) is 1.94. The summed E-state index contributed by atoms with van der Waals surface area (Å²) in [5.74, 6) is 0.181. The highest BCUT2D eigenvalue weighted by Crippen LogP contribution is 2.27. The van der Waals surface area contributed by atoms with Crippen molar-refractivity contribution in [2.45, 2.75) is 53.0 Å². The van der Waals surface area contributed by atoms with Crippen molar-refractivity contribution < 1.29 is 4.79 Å². The maximum absolute atomic E-state index is 13.0. The van der Waals surface area contributed by atoms with E-state index in [-0.39, 0.29) is 17.4 Å². The standard InChI is InChI=1S/C20H26N6O2/c1-5-25-14(4)16(10-21-25)20(28)24-8-6-7-15(11-24)17-9-18-22-13(3)12(2)19(27)26(18)23-17/h9-10,15,23H,5-8,11H2,1-4H3/t15-/m0/s1. The van der Waals surface area contributed by atoms with Crippen LogP contribution in [0.3, 0.4) is 0 Å². The minimum Gasteiger partial charge on any atom is -0.338 e.